The fourth-order valence-electron chi connectivity index (χ4n) is 2.85. The Balaban J connectivity index is 1.94. The van der Waals surface area contributed by atoms with Gasteiger partial charge in [-0.25, -0.2) is 0 Å². The van der Waals surface area contributed by atoms with Gasteiger partial charge in [-0.1, -0.05) is 30.3 Å². The van der Waals surface area contributed by atoms with Crippen LogP contribution in [0.1, 0.15) is 30.9 Å². The minimum atomic E-state index is -0.468. The average molecular weight is 276 g/mol. The molecule has 2 N–H and O–H groups in total. The predicted octanol–water partition coefficient (Wildman–Crippen LogP) is 1.57. The first-order valence-corrected chi connectivity index (χ1v) is 7.26. The Morgan fingerprint density at radius 1 is 1.35 bits per heavy atom. The molecular formula is C16H24N2O2. The van der Waals surface area contributed by atoms with Gasteiger partial charge < -0.3 is 15.3 Å². The Bertz CT molecular complexity index is 433. The third kappa shape index (κ3) is 3.58. The van der Waals surface area contributed by atoms with Crippen molar-refractivity contribution in [3.05, 3.63) is 35.9 Å². The van der Waals surface area contributed by atoms with Crippen LogP contribution in [0.2, 0.25) is 0 Å². The molecule has 3 unspecified atom stereocenters. The van der Waals surface area contributed by atoms with E-state index in [2.05, 4.69) is 22.3 Å². The van der Waals surface area contributed by atoms with E-state index >= 15 is 0 Å². The summed E-state index contributed by atoms with van der Waals surface area (Å²) in [6, 6.07) is 10.3. The molecule has 3 atom stereocenters. The molecule has 0 spiro atoms. The van der Waals surface area contributed by atoms with Crippen molar-refractivity contribution >= 4 is 5.91 Å². The molecule has 20 heavy (non-hydrogen) atoms. The number of benzene rings is 1. The molecule has 0 heterocycles. The van der Waals surface area contributed by atoms with Crippen LogP contribution in [0.4, 0.5) is 0 Å². The van der Waals surface area contributed by atoms with Crippen molar-refractivity contribution < 1.29 is 9.90 Å². The first-order valence-electron chi connectivity index (χ1n) is 7.26. The number of nitrogens with one attached hydrogen (secondary N) is 1. The van der Waals surface area contributed by atoms with Gasteiger partial charge in [0, 0.05) is 6.54 Å². The molecule has 1 fully saturated rings. The highest BCUT2D eigenvalue weighted by atomic mass is 16.3. The molecule has 1 aromatic carbocycles. The zero-order valence-corrected chi connectivity index (χ0v) is 12.2. The number of carbonyl (C=O) groups is 1. The van der Waals surface area contributed by atoms with E-state index in [4.69, 9.17) is 0 Å². The molecule has 0 bridgehead atoms. The Morgan fingerprint density at radius 3 is 2.60 bits per heavy atom. The van der Waals surface area contributed by atoms with Gasteiger partial charge in [-0.2, -0.15) is 0 Å². The lowest BCUT2D eigenvalue weighted by atomic mass is 10.0. The van der Waals surface area contributed by atoms with Crippen LogP contribution in [0.25, 0.3) is 0 Å². The largest absolute Gasteiger partial charge is 0.392 e. The fourth-order valence-corrected chi connectivity index (χ4v) is 2.85. The quantitative estimate of drug-likeness (QED) is 0.858. The lowest BCUT2D eigenvalue weighted by molar-refractivity contribution is -0.127. The normalized spacial score (nSPS) is 23.8. The zero-order valence-electron chi connectivity index (χ0n) is 12.2. The summed E-state index contributed by atoms with van der Waals surface area (Å²) >= 11 is 0. The van der Waals surface area contributed by atoms with Crippen molar-refractivity contribution in [3.63, 3.8) is 0 Å². The summed E-state index contributed by atoms with van der Waals surface area (Å²) in [5, 5.41) is 12.8. The number of carbonyl (C=O) groups excluding carboxylic acids is 1. The summed E-state index contributed by atoms with van der Waals surface area (Å²) in [5.74, 6) is -0.244. The lowest BCUT2D eigenvalue weighted by Crippen LogP contribution is -2.39. The van der Waals surface area contributed by atoms with Crippen molar-refractivity contribution in [2.24, 2.45) is 5.92 Å². The average Bonchev–Trinajstić information content (AvgIpc) is 2.86. The molecule has 4 heteroatoms. The number of amides is 1. The van der Waals surface area contributed by atoms with Crippen molar-refractivity contribution in [2.45, 2.75) is 31.4 Å². The number of aliphatic hydroxyl groups excluding tert-OH is 1. The van der Waals surface area contributed by atoms with Crippen molar-refractivity contribution in [1.29, 1.82) is 0 Å². The van der Waals surface area contributed by atoms with E-state index in [0.29, 0.717) is 6.54 Å². The lowest BCUT2D eigenvalue weighted by Gasteiger charge is -2.26. The molecule has 1 aliphatic carbocycles. The van der Waals surface area contributed by atoms with Gasteiger partial charge in [-0.15, -0.1) is 0 Å². The Morgan fingerprint density at radius 2 is 2.05 bits per heavy atom. The fraction of sp³-hybridized carbons (Fsp3) is 0.562. The number of likely N-dealkylation sites (N-methyl/N-ethyl adjacent to an activating group) is 1. The highest BCUT2D eigenvalue weighted by Crippen LogP contribution is 2.26. The number of hydrogen-bond acceptors (Lipinski definition) is 3. The smallest absolute Gasteiger partial charge is 0.225 e. The van der Waals surface area contributed by atoms with Crippen LogP contribution < -0.4 is 5.32 Å². The summed E-state index contributed by atoms with van der Waals surface area (Å²) in [5.41, 5.74) is 1.18. The standard InChI is InChI=1S/C16H24N2O2/c1-18(2)14(12-7-4-3-5-8-12)11-17-16(20)13-9-6-10-15(13)19/h3-5,7-8,13-15,19H,6,9-11H2,1-2H3,(H,17,20). The van der Waals surface area contributed by atoms with Crippen molar-refractivity contribution in [3.8, 4) is 0 Å². The van der Waals surface area contributed by atoms with Gasteiger partial charge >= 0.3 is 0 Å². The summed E-state index contributed by atoms with van der Waals surface area (Å²) in [6.45, 7) is 0.569. The van der Waals surface area contributed by atoms with E-state index in [-0.39, 0.29) is 17.9 Å². The maximum absolute atomic E-state index is 12.1. The van der Waals surface area contributed by atoms with Crippen LogP contribution in [0.5, 0.6) is 0 Å². The van der Waals surface area contributed by atoms with E-state index < -0.39 is 6.10 Å². The van der Waals surface area contributed by atoms with Crippen LogP contribution in [0, 0.1) is 5.92 Å². The monoisotopic (exact) mass is 276 g/mol. The maximum atomic E-state index is 12.1. The van der Waals surface area contributed by atoms with Crippen molar-refractivity contribution in [2.75, 3.05) is 20.6 Å². The molecule has 1 saturated carbocycles. The van der Waals surface area contributed by atoms with E-state index in [9.17, 15) is 9.90 Å². The summed E-state index contributed by atoms with van der Waals surface area (Å²) in [4.78, 5) is 14.2. The van der Waals surface area contributed by atoms with Gasteiger partial charge in [0.1, 0.15) is 0 Å². The number of hydrogen-bond donors (Lipinski definition) is 2. The first-order chi connectivity index (χ1) is 9.59. The highest BCUT2D eigenvalue weighted by Gasteiger charge is 2.31. The molecule has 1 aliphatic rings. The Kier molecular flexibility index (Phi) is 5.15. The zero-order chi connectivity index (χ0) is 14.5. The van der Waals surface area contributed by atoms with E-state index in [1.807, 2.05) is 32.3 Å². The molecule has 0 aromatic heterocycles. The highest BCUT2D eigenvalue weighted by molar-refractivity contribution is 5.79. The molecule has 0 aliphatic heterocycles. The Labute approximate surface area is 120 Å². The van der Waals surface area contributed by atoms with E-state index in [0.717, 1.165) is 19.3 Å². The number of aliphatic hydroxyl groups is 1. The maximum Gasteiger partial charge on any atom is 0.225 e. The first kappa shape index (κ1) is 15.0. The van der Waals surface area contributed by atoms with E-state index in [1.54, 1.807) is 0 Å². The van der Waals surface area contributed by atoms with Crippen LogP contribution in [-0.2, 0) is 4.79 Å². The number of nitrogens with zero attached hydrogens (tertiary/aromatic N) is 1. The molecule has 0 radical (unpaired) electrons. The third-order valence-electron chi connectivity index (χ3n) is 4.09. The molecule has 2 rings (SSSR count). The summed E-state index contributed by atoms with van der Waals surface area (Å²) in [6.07, 6.45) is 2.01. The summed E-state index contributed by atoms with van der Waals surface area (Å²) in [7, 11) is 4.02. The second-order valence-corrected chi connectivity index (χ2v) is 5.74. The second-order valence-electron chi connectivity index (χ2n) is 5.74. The van der Waals surface area contributed by atoms with Gasteiger partial charge in [0.05, 0.1) is 18.1 Å². The van der Waals surface area contributed by atoms with Crippen LogP contribution >= 0.6 is 0 Å². The van der Waals surface area contributed by atoms with Crippen LogP contribution in [0.15, 0.2) is 30.3 Å². The molecular weight excluding hydrogens is 252 g/mol. The summed E-state index contributed by atoms with van der Waals surface area (Å²) < 4.78 is 0. The molecule has 1 amide bonds. The second kappa shape index (κ2) is 6.86. The minimum absolute atomic E-state index is 0.0159. The third-order valence-corrected chi connectivity index (χ3v) is 4.09. The van der Waals surface area contributed by atoms with Gasteiger partial charge in [0.25, 0.3) is 0 Å². The van der Waals surface area contributed by atoms with Crippen molar-refractivity contribution in [1.82, 2.24) is 10.2 Å². The molecule has 110 valence electrons. The van der Waals surface area contributed by atoms with Gasteiger partial charge in [-0.05, 0) is 38.9 Å². The van der Waals surface area contributed by atoms with Gasteiger partial charge in [0.2, 0.25) is 5.91 Å². The van der Waals surface area contributed by atoms with Crippen LogP contribution in [0.3, 0.4) is 0 Å². The van der Waals surface area contributed by atoms with Crippen LogP contribution in [-0.4, -0.2) is 42.7 Å². The SMILES string of the molecule is CN(C)C(CNC(=O)C1CCCC1O)c1ccccc1. The molecule has 0 saturated heterocycles. The predicted molar refractivity (Wildman–Crippen MR) is 79.2 cm³/mol. The van der Waals surface area contributed by atoms with E-state index in [1.165, 1.54) is 5.56 Å². The number of rotatable bonds is 5. The minimum Gasteiger partial charge on any atom is -0.392 e. The molecule has 1 aromatic rings. The van der Waals surface area contributed by atoms with Gasteiger partial charge in [0.15, 0.2) is 0 Å². The topological polar surface area (TPSA) is 52.6 Å². The Hall–Kier alpha value is -1.39. The molecule has 4 nitrogen and oxygen atoms in total. The van der Waals surface area contributed by atoms with Gasteiger partial charge in [-0.3, -0.25) is 4.79 Å².